The second-order valence-electron chi connectivity index (χ2n) is 4.81. The van der Waals surface area contributed by atoms with Crippen LogP contribution >= 0.6 is 0 Å². The molecule has 0 saturated heterocycles. The number of hydrogen-bond donors (Lipinski definition) is 0. The third kappa shape index (κ3) is 14.0. The summed E-state index contributed by atoms with van der Waals surface area (Å²) in [5.74, 6) is 7.46. The van der Waals surface area contributed by atoms with E-state index in [1.165, 1.54) is 25.7 Å². The molecule has 0 unspecified atom stereocenters. The molecule has 0 atom stereocenters. The van der Waals surface area contributed by atoms with Gasteiger partial charge in [0.2, 0.25) is 0 Å². The Bertz CT molecular complexity index is 76.1. The van der Waals surface area contributed by atoms with E-state index in [1.807, 2.05) is 0 Å². The molecule has 0 aromatic carbocycles. The van der Waals surface area contributed by atoms with Gasteiger partial charge in [0.05, 0.1) is 0 Å². The minimum absolute atomic E-state index is 0. The first-order valence-corrected chi connectivity index (χ1v) is 9.13. The summed E-state index contributed by atoms with van der Waals surface area (Å²) in [6, 6.07) is 0. The summed E-state index contributed by atoms with van der Waals surface area (Å²) >= 11 is -0.959. The maximum absolute atomic E-state index is 2.49. The van der Waals surface area contributed by atoms with Gasteiger partial charge in [0, 0.05) is 0 Å². The summed E-state index contributed by atoms with van der Waals surface area (Å²) in [4.78, 5) is 0. The van der Waals surface area contributed by atoms with Crippen molar-refractivity contribution in [1.29, 1.82) is 0 Å². The average molecular weight is 164 g/mol. The molecule has 0 aromatic heterocycles. The van der Waals surface area contributed by atoms with E-state index >= 15 is 0 Å². The van der Waals surface area contributed by atoms with E-state index in [9.17, 15) is 0 Å². The smallest absolute Gasteiger partial charge is 0.204 e. The van der Waals surface area contributed by atoms with Crippen molar-refractivity contribution in [2.24, 2.45) is 0 Å². The molecule has 0 radical (unpaired) electrons. The minimum Gasteiger partial charge on any atom is -0.204 e. The molecular weight excluding hydrogens is 142 g/mol. The summed E-state index contributed by atoms with van der Waals surface area (Å²) < 4.78 is 0. The van der Waals surface area contributed by atoms with Crippen LogP contribution < -0.4 is 18.9 Å². The maximum Gasteiger partial charge on any atom is 1.00 e. The van der Waals surface area contributed by atoms with Gasteiger partial charge in [0.1, 0.15) is 13.1 Å². The van der Waals surface area contributed by atoms with Crippen LogP contribution in [0.4, 0.5) is 0 Å². The van der Waals surface area contributed by atoms with E-state index < -0.39 is 13.1 Å². The van der Waals surface area contributed by atoms with Gasteiger partial charge in [-0.05, 0) is 0 Å². The zero-order chi connectivity index (χ0) is 8.04. The van der Waals surface area contributed by atoms with Crippen LogP contribution in [0.3, 0.4) is 0 Å². The van der Waals surface area contributed by atoms with E-state index in [2.05, 4.69) is 24.3 Å². The second-order valence-corrected chi connectivity index (χ2v) is 11.3. The van der Waals surface area contributed by atoms with Crippen LogP contribution in [-0.2, 0) is 0 Å². The zero-order valence-corrected chi connectivity index (χ0v) is 10.3. The molecule has 62 valence electrons. The topological polar surface area (TPSA) is 0 Å². The van der Waals surface area contributed by atoms with Gasteiger partial charge in [0.15, 0.2) is 0 Å². The molecule has 0 rings (SSSR count). The van der Waals surface area contributed by atoms with Crippen LogP contribution in [0, 0.1) is 0 Å². The Morgan fingerprint density at radius 3 is 1.82 bits per heavy atom. The van der Waals surface area contributed by atoms with Crippen LogP contribution in [0.1, 0.15) is 32.6 Å². The van der Waals surface area contributed by atoms with Crippen LogP contribution in [0.25, 0.3) is 0 Å². The van der Waals surface area contributed by atoms with Gasteiger partial charge in [-0.15, -0.1) is 0 Å². The molecule has 0 aromatic rings. The summed E-state index contributed by atoms with van der Waals surface area (Å²) in [7, 11) is 0. The molecule has 0 saturated carbocycles. The quantitative estimate of drug-likeness (QED) is 0.418. The van der Waals surface area contributed by atoms with Crippen molar-refractivity contribution in [3.63, 3.8) is 0 Å². The van der Waals surface area contributed by atoms with Crippen molar-refractivity contribution < 1.29 is 18.9 Å². The molecule has 0 N–H and O–H groups in total. The average Bonchev–Trinajstić information content (AvgIpc) is 1.78. The second kappa shape index (κ2) is 7.76. The molecule has 0 aliphatic rings. The van der Waals surface area contributed by atoms with Gasteiger partial charge in [0.25, 0.3) is 0 Å². The number of unbranched alkanes of at least 4 members (excludes halogenated alkanes) is 3. The Balaban J connectivity index is 0. The summed E-state index contributed by atoms with van der Waals surface area (Å²) in [6.07, 6.45) is 5.76. The van der Waals surface area contributed by atoms with Gasteiger partial charge in [-0.2, -0.15) is 5.28 Å². The third-order valence-electron chi connectivity index (χ3n) is 1.92. The predicted molar refractivity (Wildman–Crippen MR) is 52.3 cm³/mol. The Hall–Kier alpha value is 1.13. The fraction of sp³-hybridized carbons (Fsp3) is 1.00. The molecule has 0 nitrogen and oxygen atoms in total. The third-order valence-corrected chi connectivity index (χ3v) is 4.06. The van der Waals surface area contributed by atoms with Gasteiger partial charge in [-0.3, -0.25) is 0 Å². The number of hydrogen-bond acceptors (Lipinski definition) is 0. The molecule has 0 bridgehead atoms. The van der Waals surface area contributed by atoms with Crippen molar-refractivity contribution >= 4 is 13.1 Å². The molecule has 0 heterocycles. The van der Waals surface area contributed by atoms with E-state index in [1.54, 1.807) is 5.28 Å². The monoisotopic (exact) mass is 164 g/mol. The molecule has 0 aliphatic carbocycles. The molecule has 11 heavy (non-hydrogen) atoms. The SMILES string of the molecule is CCCCC[CH2][Al-]([CH3])([CH3])[CH3].[Li+]. The van der Waals surface area contributed by atoms with E-state index in [0.717, 1.165) is 0 Å². The summed E-state index contributed by atoms with van der Waals surface area (Å²) in [6.45, 7) is 2.27. The first-order valence-electron chi connectivity index (χ1n) is 4.85. The van der Waals surface area contributed by atoms with Crippen molar-refractivity contribution in [2.75, 3.05) is 0 Å². The van der Waals surface area contributed by atoms with E-state index in [-0.39, 0.29) is 18.9 Å². The fourth-order valence-electron chi connectivity index (χ4n) is 1.18. The Kier molecular flexibility index (Phi) is 10.3. The van der Waals surface area contributed by atoms with Gasteiger partial charge in [-0.25, -0.2) is 17.4 Å². The van der Waals surface area contributed by atoms with Crippen molar-refractivity contribution in [2.45, 2.75) is 55.2 Å². The van der Waals surface area contributed by atoms with Gasteiger partial charge in [-0.1, -0.05) is 32.6 Å². The first-order chi connectivity index (χ1) is 4.56. The van der Waals surface area contributed by atoms with Crippen molar-refractivity contribution in [3.8, 4) is 0 Å². The summed E-state index contributed by atoms with van der Waals surface area (Å²) in [5, 5.41) is 1.55. The van der Waals surface area contributed by atoms with Crippen molar-refractivity contribution in [1.82, 2.24) is 0 Å². The number of rotatable bonds is 5. The van der Waals surface area contributed by atoms with Crippen molar-refractivity contribution in [3.05, 3.63) is 0 Å². The largest absolute Gasteiger partial charge is 1.00 e. The standard InChI is InChI=1S/C6H13.3CH3.Al.Li/c1-3-5-6-4-2;;;;;/h1,3-6H2,2H3;3*1H3;;/q;;;;-1;+1. The van der Waals surface area contributed by atoms with Crippen LogP contribution in [-0.4, -0.2) is 13.1 Å². The molecule has 0 aliphatic heterocycles. The van der Waals surface area contributed by atoms with Crippen LogP contribution in [0.2, 0.25) is 22.6 Å². The van der Waals surface area contributed by atoms with Crippen LogP contribution in [0.15, 0.2) is 0 Å². The zero-order valence-electron chi connectivity index (χ0n) is 9.11. The molecular formula is C9H22AlLi. The Morgan fingerprint density at radius 1 is 0.909 bits per heavy atom. The Labute approximate surface area is 87.0 Å². The van der Waals surface area contributed by atoms with Gasteiger partial charge >= 0.3 is 18.9 Å². The molecule has 2 heteroatoms. The summed E-state index contributed by atoms with van der Waals surface area (Å²) in [5.41, 5.74) is 0. The van der Waals surface area contributed by atoms with Gasteiger partial charge < -0.3 is 0 Å². The molecule has 0 amide bonds. The normalized spacial score (nSPS) is 10.9. The van der Waals surface area contributed by atoms with E-state index in [4.69, 9.17) is 0 Å². The molecule has 0 spiro atoms. The fourth-order valence-corrected chi connectivity index (χ4v) is 2.70. The first kappa shape index (κ1) is 14.6. The van der Waals surface area contributed by atoms with Crippen LogP contribution in [0.5, 0.6) is 0 Å². The molecule has 0 fully saturated rings. The maximum atomic E-state index is 2.49. The minimum atomic E-state index is -0.959. The van der Waals surface area contributed by atoms with E-state index in [0.29, 0.717) is 0 Å². The Morgan fingerprint density at radius 2 is 1.45 bits per heavy atom. The predicted octanol–water partition coefficient (Wildman–Crippen LogP) is 0.909.